The number of carbonyl (C=O) groups is 2. The fourth-order valence-corrected chi connectivity index (χ4v) is 5.10. The molecular formula is C23H25N3O3. The highest BCUT2D eigenvalue weighted by molar-refractivity contribution is 5.96. The topological polar surface area (TPSA) is 73.7 Å². The van der Waals surface area contributed by atoms with Gasteiger partial charge in [0, 0.05) is 37.8 Å². The van der Waals surface area contributed by atoms with E-state index in [1.165, 1.54) is 0 Å². The molecule has 1 N–H and O–H groups in total. The highest BCUT2D eigenvalue weighted by atomic mass is 16.3. The lowest BCUT2D eigenvalue weighted by Crippen LogP contribution is -2.86. The van der Waals surface area contributed by atoms with E-state index in [1.807, 2.05) is 28.0 Å². The highest BCUT2D eigenvalue weighted by Crippen LogP contribution is 2.54. The molecule has 3 heterocycles. The fourth-order valence-electron chi connectivity index (χ4n) is 5.10. The molecular weight excluding hydrogens is 366 g/mol. The van der Waals surface area contributed by atoms with Gasteiger partial charge in [0.25, 0.3) is 5.91 Å². The van der Waals surface area contributed by atoms with Gasteiger partial charge in [-0.3, -0.25) is 14.6 Å². The van der Waals surface area contributed by atoms with Crippen molar-refractivity contribution < 1.29 is 14.7 Å². The van der Waals surface area contributed by atoms with Gasteiger partial charge in [-0.2, -0.15) is 0 Å². The molecule has 1 aliphatic carbocycles. The Labute approximate surface area is 170 Å². The second kappa shape index (κ2) is 6.95. The SMILES string of the molecule is O=C(CC1CC1)N1CC2(C1)[C@H](c1ccccc1)[C@@H](CO)N2C(=O)c1cccnc1. The van der Waals surface area contributed by atoms with Gasteiger partial charge in [-0.1, -0.05) is 30.3 Å². The van der Waals surface area contributed by atoms with Crippen LogP contribution in [0.5, 0.6) is 0 Å². The number of aliphatic hydroxyl groups excluding tert-OH is 1. The number of aliphatic hydroxyl groups is 1. The number of aromatic nitrogens is 1. The molecule has 2 saturated heterocycles. The van der Waals surface area contributed by atoms with Crippen molar-refractivity contribution in [2.75, 3.05) is 19.7 Å². The zero-order valence-corrected chi connectivity index (χ0v) is 16.3. The minimum Gasteiger partial charge on any atom is -0.394 e. The summed E-state index contributed by atoms with van der Waals surface area (Å²) < 4.78 is 0. The summed E-state index contributed by atoms with van der Waals surface area (Å²) in [6, 6.07) is 13.2. The molecule has 3 fully saturated rings. The van der Waals surface area contributed by atoms with Gasteiger partial charge in [-0.05, 0) is 36.5 Å². The van der Waals surface area contributed by atoms with E-state index in [0.717, 1.165) is 18.4 Å². The number of amides is 2. The van der Waals surface area contributed by atoms with Crippen molar-refractivity contribution >= 4 is 11.8 Å². The quantitative estimate of drug-likeness (QED) is 0.847. The third-order valence-electron chi connectivity index (χ3n) is 6.69. The first-order chi connectivity index (χ1) is 14.1. The maximum absolute atomic E-state index is 13.3. The van der Waals surface area contributed by atoms with Crippen LogP contribution in [0.4, 0.5) is 0 Å². The fraction of sp³-hybridized carbons (Fsp3) is 0.435. The van der Waals surface area contributed by atoms with E-state index in [0.29, 0.717) is 31.0 Å². The standard InChI is InChI=1S/C23H25N3O3/c27-13-19-21(17-5-2-1-3-6-17)23(14-25(15-23)20(28)11-16-8-9-16)26(19)22(29)18-7-4-10-24-12-18/h1-7,10,12,16,19,21,27H,8-9,11,13-15H2/t19-,21-/m1/s1. The van der Waals surface area contributed by atoms with Crippen LogP contribution in [0, 0.1) is 5.92 Å². The first-order valence-electron chi connectivity index (χ1n) is 10.3. The Morgan fingerprint density at radius 3 is 2.48 bits per heavy atom. The third-order valence-corrected chi connectivity index (χ3v) is 6.69. The monoisotopic (exact) mass is 391 g/mol. The Bertz CT molecular complexity index is 907. The van der Waals surface area contributed by atoms with Crippen molar-refractivity contribution in [3.05, 3.63) is 66.0 Å². The normalized spacial score (nSPS) is 24.7. The molecule has 6 heteroatoms. The third kappa shape index (κ3) is 2.94. The van der Waals surface area contributed by atoms with E-state index in [-0.39, 0.29) is 30.4 Å². The van der Waals surface area contributed by atoms with E-state index in [9.17, 15) is 14.7 Å². The lowest BCUT2D eigenvalue weighted by atomic mass is 9.60. The molecule has 1 aromatic heterocycles. The molecule has 6 nitrogen and oxygen atoms in total. The summed E-state index contributed by atoms with van der Waals surface area (Å²) in [7, 11) is 0. The predicted octanol–water partition coefficient (Wildman–Crippen LogP) is 2.06. The van der Waals surface area contributed by atoms with E-state index < -0.39 is 5.54 Å². The Balaban J connectivity index is 1.45. The summed E-state index contributed by atoms with van der Waals surface area (Å²) in [6.07, 6.45) is 6.12. The number of likely N-dealkylation sites (tertiary alicyclic amines) is 2. The number of hydrogen-bond acceptors (Lipinski definition) is 4. The zero-order chi connectivity index (χ0) is 20.0. The summed E-state index contributed by atoms with van der Waals surface area (Å²) in [4.78, 5) is 33.7. The minimum atomic E-state index is -0.457. The first-order valence-corrected chi connectivity index (χ1v) is 10.3. The van der Waals surface area contributed by atoms with Crippen molar-refractivity contribution in [1.29, 1.82) is 0 Å². The first kappa shape index (κ1) is 18.3. The van der Waals surface area contributed by atoms with Gasteiger partial charge in [-0.25, -0.2) is 0 Å². The smallest absolute Gasteiger partial charge is 0.256 e. The average Bonchev–Trinajstić information content (AvgIpc) is 3.52. The molecule has 0 unspecified atom stereocenters. The van der Waals surface area contributed by atoms with Gasteiger partial charge >= 0.3 is 0 Å². The van der Waals surface area contributed by atoms with Gasteiger partial charge in [0.1, 0.15) is 0 Å². The number of nitrogens with zero attached hydrogens (tertiary/aromatic N) is 3. The van der Waals surface area contributed by atoms with Crippen molar-refractivity contribution in [3.63, 3.8) is 0 Å². The van der Waals surface area contributed by atoms with Crippen LogP contribution in [0.2, 0.25) is 0 Å². The molecule has 150 valence electrons. The molecule has 1 spiro atoms. The second-order valence-electron chi connectivity index (χ2n) is 8.56. The molecule has 2 amide bonds. The number of benzene rings is 1. The van der Waals surface area contributed by atoms with E-state index in [2.05, 4.69) is 17.1 Å². The van der Waals surface area contributed by atoms with E-state index in [1.54, 1.807) is 24.5 Å². The lowest BCUT2D eigenvalue weighted by Gasteiger charge is -2.70. The van der Waals surface area contributed by atoms with Gasteiger partial charge < -0.3 is 14.9 Å². The van der Waals surface area contributed by atoms with E-state index in [4.69, 9.17) is 0 Å². The van der Waals surface area contributed by atoms with Gasteiger partial charge in [0.2, 0.25) is 5.91 Å². The van der Waals surface area contributed by atoms with Gasteiger partial charge in [0.05, 0.1) is 23.8 Å². The molecule has 0 radical (unpaired) electrons. The Morgan fingerprint density at radius 2 is 1.86 bits per heavy atom. The van der Waals surface area contributed by atoms with Crippen LogP contribution in [-0.4, -0.2) is 63.0 Å². The average molecular weight is 391 g/mol. The molecule has 2 aromatic rings. The largest absolute Gasteiger partial charge is 0.394 e. The predicted molar refractivity (Wildman–Crippen MR) is 107 cm³/mol. The van der Waals surface area contributed by atoms with Crippen LogP contribution in [-0.2, 0) is 4.79 Å². The van der Waals surface area contributed by atoms with Crippen LogP contribution in [0.1, 0.15) is 41.1 Å². The Kier molecular flexibility index (Phi) is 4.39. The molecule has 2 atom stereocenters. The summed E-state index contributed by atoms with van der Waals surface area (Å²) in [5.41, 5.74) is 1.16. The van der Waals surface area contributed by atoms with Gasteiger partial charge in [-0.15, -0.1) is 0 Å². The molecule has 1 aromatic carbocycles. The number of rotatable bonds is 5. The molecule has 2 aliphatic heterocycles. The highest BCUT2D eigenvalue weighted by Gasteiger charge is 2.68. The van der Waals surface area contributed by atoms with Crippen molar-refractivity contribution in [2.24, 2.45) is 5.92 Å². The van der Waals surface area contributed by atoms with Gasteiger partial charge in [0.15, 0.2) is 0 Å². The minimum absolute atomic E-state index is 0.0132. The summed E-state index contributed by atoms with van der Waals surface area (Å²) in [6.45, 7) is 0.949. The number of pyridine rings is 1. The molecule has 29 heavy (non-hydrogen) atoms. The number of carbonyl (C=O) groups excluding carboxylic acids is 2. The van der Waals surface area contributed by atoms with Crippen molar-refractivity contribution in [2.45, 2.75) is 36.8 Å². The molecule has 0 bridgehead atoms. The number of hydrogen-bond donors (Lipinski definition) is 1. The maximum atomic E-state index is 13.3. The van der Waals surface area contributed by atoms with Crippen LogP contribution in [0.3, 0.4) is 0 Å². The van der Waals surface area contributed by atoms with Crippen molar-refractivity contribution in [3.8, 4) is 0 Å². The Morgan fingerprint density at radius 1 is 1.10 bits per heavy atom. The lowest BCUT2D eigenvalue weighted by molar-refractivity contribution is -0.178. The second-order valence-corrected chi connectivity index (χ2v) is 8.56. The summed E-state index contributed by atoms with van der Waals surface area (Å²) in [5.74, 6) is 0.618. The van der Waals surface area contributed by atoms with Crippen molar-refractivity contribution in [1.82, 2.24) is 14.8 Å². The Hall–Kier alpha value is -2.73. The molecule has 1 saturated carbocycles. The summed E-state index contributed by atoms with van der Waals surface area (Å²) >= 11 is 0. The van der Waals surface area contributed by atoms with Crippen LogP contribution in [0.25, 0.3) is 0 Å². The van der Waals surface area contributed by atoms with Crippen LogP contribution < -0.4 is 0 Å². The molecule has 5 rings (SSSR count). The van der Waals surface area contributed by atoms with Crippen LogP contribution in [0.15, 0.2) is 54.9 Å². The molecule has 3 aliphatic rings. The maximum Gasteiger partial charge on any atom is 0.256 e. The zero-order valence-electron chi connectivity index (χ0n) is 16.3. The van der Waals surface area contributed by atoms with E-state index >= 15 is 0 Å². The van der Waals surface area contributed by atoms with Crippen LogP contribution >= 0.6 is 0 Å². The summed E-state index contributed by atoms with van der Waals surface area (Å²) in [5, 5.41) is 10.1.